The summed E-state index contributed by atoms with van der Waals surface area (Å²) in [6.07, 6.45) is 5.03. The fourth-order valence-electron chi connectivity index (χ4n) is 2.95. The highest BCUT2D eigenvalue weighted by Crippen LogP contribution is 2.35. The Kier molecular flexibility index (Phi) is 2.00. The van der Waals surface area contributed by atoms with Gasteiger partial charge in [-0.3, -0.25) is 0 Å². The van der Waals surface area contributed by atoms with Gasteiger partial charge in [-0.25, -0.2) is 0 Å². The molecule has 2 aromatic rings. The third-order valence-corrected chi connectivity index (χ3v) is 3.87. The van der Waals surface area contributed by atoms with Crippen molar-refractivity contribution in [3.05, 3.63) is 28.5 Å². The zero-order valence-electron chi connectivity index (χ0n) is 9.98. The number of aromatic amines is 1. The highest BCUT2D eigenvalue weighted by molar-refractivity contribution is 5.93. The Labute approximate surface area is 95.8 Å². The first kappa shape index (κ1) is 9.76. The second kappa shape index (κ2) is 3.27. The number of aromatic nitrogens is 1. The molecule has 0 aliphatic heterocycles. The zero-order valence-corrected chi connectivity index (χ0v) is 9.98. The van der Waals surface area contributed by atoms with E-state index in [1.54, 1.807) is 0 Å². The normalized spacial score (nSPS) is 15.4. The van der Waals surface area contributed by atoms with Crippen LogP contribution in [0.25, 0.3) is 10.9 Å². The van der Waals surface area contributed by atoms with Crippen LogP contribution in [0.3, 0.4) is 0 Å². The topological polar surface area (TPSA) is 41.8 Å². The summed E-state index contributed by atoms with van der Waals surface area (Å²) >= 11 is 0. The number of H-pyrrole nitrogens is 1. The molecule has 1 aromatic heterocycles. The second-order valence-corrected chi connectivity index (χ2v) is 4.95. The van der Waals surface area contributed by atoms with Crippen LogP contribution in [-0.2, 0) is 12.8 Å². The molecule has 1 aliphatic carbocycles. The van der Waals surface area contributed by atoms with E-state index in [9.17, 15) is 0 Å². The number of benzene rings is 1. The van der Waals surface area contributed by atoms with Crippen LogP contribution >= 0.6 is 0 Å². The van der Waals surface area contributed by atoms with Crippen molar-refractivity contribution in [3.8, 4) is 0 Å². The maximum atomic E-state index is 6.07. The van der Waals surface area contributed by atoms with Crippen LogP contribution in [0.2, 0.25) is 0 Å². The van der Waals surface area contributed by atoms with Gasteiger partial charge in [0.1, 0.15) is 0 Å². The van der Waals surface area contributed by atoms with Gasteiger partial charge >= 0.3 is 0 Å². The molecule has 1 aliphatic rings. The zero-order chi connectivity index (χ0) is 11.3. The highest BCUT2D eigenvalue weighted by atomic mass is 14.7. The Balaban J connectivity index is 2.43. The summed E-state index contributed by atoms with van der Waals surface area (Å²) in [7, 11) is 0. The monoisotopic (exact) mass is 214 g/mol. The molecule has 0 unspecified atom stereocenters. The van der Waals surface area contributed by atoms with Crippen molar-refractivity contribution in [2.24, 2.45) is 0 Å². The van der Waals surface area contributed by atoms with Gasteiger partial charge in [-0.05, 0) is 62.3 Å². The summed E-state index contributed by atoms with van der Waals surface area (Å²) in [6.45, 7) is 4.28. The van der Waals surface area contributed by atoms with E-state index in [1.807, 2.05) is 0 Å². The minimum Gasteiger partial charge on any atom is -0.398 e. The van der Waals surface area contributed by atoms with Crippen molar-refractivity contribution in [2.75, 3.05) is 5.73 Å². The Morgan fingerprint density at radius 3 is 2.75 bits per heavy atom. The number of aryl methyl sites for hydroxylation is 4. The molecule has 0 radical (unpaired) electrons. The van der Waals surface area contributed by atoms with Gasteiger partial charge in [0.05, 0.1) is 0 Å². The summed E-state index contributed by atoms with van der Waals surface area (Å²) < 4.78 is 0. The van der Waals surface area contributed by atoms with E-state index in [2.05, 4.69) is 24.9 Å². The molecule has 0 saturated carbocycles. The molecule has 84 valence electrons. The molecule has 16 heavy (non-hydrogen) atoms. The SMILES string of the molecule is Cc1cc(N)c(C)c2c3c([nH]c12)CCCC3. The van der Waals surface area contributed by atoms with Gasteiger partial charge in [-0.2, -0.15) is 0 Å². The minimum atomic E-state index is 0.928. The molecular weight excluding hydrogens is 196 g/mol. The molecule has 0 bridgehead atoms. The number of nitrogens with two attached hydrogens (primary N) is 1. The van der Waals surface area contributed by atoms with E-state index in [0.29, 0.717) is 0 Å². The number of nitrogen functional groups attached to an aromatic ring is 1. The number of fused-ring (bicyclic) bond motifs is 3. The largest absolute Gasteiger partial charge is 0.398 e. The number of anilines is 1. The van der Waals surface area contributed by atoms with Gasteiger partial charge in [0.25, 0.3) is 0 Å². The summed E-state index contributed by atoms with van der Waals surface area (Å²) in [5.74, 6) is 0. The van der Waals surface area contributed by atoms with Crippen LogP contribution in [0.5, 0.6) is 0 Å². The first-order chi connectivity index (χ1) is 7.68. The average molecular weight is 214 g/mol. The molecule has 0 atom stereocenters. The van der Waals surface area contributed by atoms with Crippen LogP contribution in [0.4, 0.5) is 5.69 Å². The Morgan fingerprint density at radius 1 is 1.19 bits per heavy atom. The van der Waals surface area contributed by atoms with E-state index < -0.39 is 0 Å². The second-order valence-electron chi connectivity index (χ2n) is 4.95. The first-order valence-electron chi connectivity index (χ1n) is 6.07. The van der Waals surface area contributed by atoms with Crippen LogP contribution < -0.4 is 5.73 Å². The fraction of sp³-hybridized carbons (Fsp3) is 0.429. The predicted molar refractivity (Wildman–Crippen MR) is 68.8 cm³/mol. The smallest absolute Gasteiger partial charge is 0.0492 e. The summed E-state index contributed by atoms with van der Waals surface area (Å²) in [4.78, 5) is 3.60. The molecule has 3 N–H and O–H groups in total. The number of nitrogens with one attached hydrogen (secondary N) is 1. The molecule has 3 rings (SSSR count). The van der Waals surface area contributed by atoms with Crippen molar-refractivity contribution in [1.29, 1.82) is 0 Å². The lowest BCUT2D eigenvalue weighted by Gasteiger charge is -2.12. The summed E-state index contributed by atoms with van der Waals surface area (Å²) in [5, 5.41) is 1.40. The highest BCUT2D eigenvalue weighted by Gasteiger charge is 2.18. The first-order valence-corrected chi connectivity index (χ1v) is 6.07. The van der Waals surface area contributed by atoms with Gasteiger partial charge in [0.15, 0.2) is 0 Å². The van der Waals surface area contributed by atoms with Crippen molar-refractivity contribution in [2.45, 2.75) is 39.5 Å². The van der Waals surface area contributed by atoms with Gasteiger partial charge < -0.3 is 10.7 Å². The van der Waals surface area contributed by atoms with Crippen LogP contribution in [0, 0.1) is 13.8 Å². The van der Waals surface area contributed by atoms with Crippen molar-refractivity contribution in [1.82, 2.24) is 4.98 Å². The maximum absolute atomic E-state index is 6.07. The quantitative estimate of drug-likeness (QED) is 0.649. The Hall–Kier alpha value is -1.44. The molecular formula is C14H18N2. The Morgan fingerprint density at radius 2 is 1.94 bits per heavy atom. The lowest BCUT2D eigenvalue weighted by molar-refractivity contribution is 0.680. The molecule has 2 nitrogen and oxygen atoms in total. The Bertz CT molecular complexity index is 564. The predicted octanol–water partition coefficient (Wildman–Crippen LogP) is 3.25. The average Bonchev–Trinajstić information content (AvgIpc) is 2.66. The number of rotatable bonds is 0. The minimum absolute atomic E-state index is 0.928. The lowest BCUT2D eigenvalue weighted by atomic mass is 9.93. The molecule has 1 heterocycles. The summed E-state index contributed by atoms with van der Waals surface area (Å²) in [5.41, 5.74) is 13.8. The van der Waals surface area contributed by atoms with Crippen LogP contribution in [0.1, 0.15) is 35.2 Å². The molecule has 0 spiro atoms. The van der Waals surface area contributed by atoms with Gasteiger partial charge in [-0.15, -0.1) is 0 Å². The third-order valence-electron chi connectivity index (χ3n) is 3.87. The van der Waals surface area contributed by atoms with E-state index in [1.165, 1.54) is 59.0 Å². The summed E-state index contributed by atoms with van der Waals surface area (Å²) in [6, 6.07) is 2.08. The van der Waals surface area contributed by atoms with E-state index in [4.69, 9.17) is 5.73 Å². The maximum Gasteiger partial charge on any atom is 0.0492 e. The van der Waals surface area contributed by atoms with Crippen molar-refractivity contribution < 1.29 is 0 Å². The van der Waals surface area contributed by atoms with E-state index >= 15 is 0 Å². The molecule has 1 aromatic carbocycles. The molecule has 2 heteroatoms. The van der Waals surface area contributed by atoms with Gasteiger partial charge in [0, 0.05) is 22.3 Å². The standard InChI is InChI=1S/C14H18N2/c1-8-7-11(15)9(2)13-10-5-3-4-6-12(10)16-14(8)13/h7,16H,3-6,15H2,1-2H3. The molecule has 0 saturated heterocycles. The fourth-order valence-corrected chi connectivity index (χ4v) is 2.95. The number of hydrogen-bond acceptors (Lipinski definition) is 1. The molecule has 0 fully saturated rings. The van der Waals surface area contributed by atoms with E-state index in [0.717, 1.165) is 5.69 Å². The van der Waals surface area contributed by atoms with E-state index in [-0.39, 0.29) is 0 Å². The van der Waals surface area contributed by atoms with Crippen LogP contribution in [0.15, 0.2) is 6.07 Å². The van der Waals surface area contributed by atoms with Crippen molar-refractivity contribution in [3.63, 3.8) is 0 Å². The third kappa shape index (κ3) is 1.19. The van der Waals surface area contributed by atoms with Crippen LogP contribution in [-0.4, -0.2) is 4.98 Å². The number of hydrogen-bond donors (Lipinski definition) is 2. The van der Waals surface area contributed by atoms with Gasteiger partial charge in [0.2, 0.25) is 0 Å². The van der Waals surface area contributed by atoms with Crippen molar-refractivity contribution >= 4 is 16.6 Å². The lowest BCUT2D eigenvalue weighted by Crippen LogP contribution is -2.00. The van der Waals surface area contributed by atoms with Gasteiger partial charge in [-0.1, -0.05) is 0 Å². The molecule has 0 amide bonds.